The van der Waals surface area contributed by atoms with Gasteiger partial charge in [0.2, 0.25) is 5.91 Å². The summed E-state index contributed by atoms with van der Waals surface area (Å²) in [4.78, 5) is 26.1. The molecule has 0 rings (SSSR count). The molecule has 0 bridgehead atoms. The van der Waals surface area contributed by atoms with Crippen LogP contribution in [0, 0.1) is 0 Å². The molecule has 1 amide bonds. The van der Waals surface area contributed by atoms with Gasteiger partial charge in [0.15, 0.2) is 0 Å². The van der Waals surface area contributed by atoms with E-state index in [4.69, 9.17) is 4.74 Å². The molecule has 0 saturated carbocycles. The quantitative estimate of drug-likeness (QED) is 0.0322. The van der Waals surface area contributed by atoms with Crippen molar-refractivity contribution in [3.8, 4) is 0 Å². The third-order valence-electron chi connectivity index (χ3n) is 11.5. The number of allylic oxidation sites excluding steroid dienone is 14. The minimum absolute atomic E-state index is 0.0334. The largest absolute Gasteiger partial charge is 0.462 e. The Morgan fingerprint density at radius 3 is 1.32 bits per heavy atom. The second kappa shape index (κ2) is 50.0. The highest BCUT2D eigenvalue weighted by Crippen LogP contribution is 2.17. The second-order valence-electron chi connectivity index (χ2n) is 17.5. The zero-order valence-electron chi connectivity index (χ0n) is 41.2. The predicted molar refractivity (Wildman–Crippen MR) is 273 cm³/mol. The highest BCUT2D eigenvalue weighted by molar-refractivity contribution is 5.77. The summed E-state index contributed by atoms with van der Waals surface area (Å²) in [7, 11) is 0. The molecule has 3 atom stereocenters. The van der Waals surface area contributed by atoms with Crippen LogP contribution in [-0.4, -0.2) is 46.9 Å². The number of hydrogen-bond donors (Lipinski definition) is 3. The Balaban J connectivity index is 4.72. The second-order valence-corrected chi connectivity index (χ2v) is 17.5. The van der Waals surface area contributed by atoms with Gasteiger partial charge in [-0.2, -0.15) is 0 Å². The Bertz CT molecular complexity index is 1210. The summed E-state index contributed by atoms with van der Waals surface area (Å²) in [5.74, 6) is -0.592. The average Bonchev–Trinajstić information content (AvgIpc) is 3.28. The molecule has 0 spiro atoms. The highest BCUT2D eigenvalue weighted by Gasteiger charge is 2.24. The van der Waals surface area contributed by atoms with E-state index in [0.29, 0.717) is 19.3 Å². The lowest BCUT2D eigenvalue weighted by Crippen LogP contribution is -2.46. The fourth-order valence-corrected chi connectivity index (χ4v) is 7.51. The first-order valence-electron chi connectivity index (χ1n) is 26.3. The zero-order valence-corrected chi connectivity index (χ0v) is 41.2. The maximum absolute atomic E-state index is 13.2. The molecule has 0 aromatic heterocycles. The van der Waals surface area contributed by atoms with Gasteiger partial charge in [-0.3, -0.25) is 9.59 Å². The maximum Gasteiger partial charge on any atom is 0.306 e. The summed E-state index contributed by atoms with van der Waals surface area (Å²) in [5, 5.41) is 23.7. The van der Waals surface area contributed by atoms with Crippen molar-refractivity contribution >= 4 is 11.9 Å². The van der Waals surface area contributed by atoms with E-state index in [-0.39, 0.29) is 31.3 Å². The Morgan fingerprint density at radius 1 is 0.476 bits per heavy atom. The lowest BCUT2D eigenvalue weighted by Gasteiger charge is -2.24. The van der Waals surface area contributed by atoms with Crippen LogP contribution in [0.4, 0.5) is 0 Å². The number of carbonyl (C=O) groups is 2. The van der Waals surface area contributed by atoms with Crippen molar-refractivity contribution in [2.24, 2.45) is 0 Å². The van der Waals surface area contributed by atoms with Crippen LogP contribution in [-0.2, 0) is 14.3 Å². The molecular weight excluding hydrogens is 779 g/mol. The number of carbonyl (C=O) groups excluding carboxylic acids is 2. The normalized spacial score (nSPS) is 13.9. The van der Waals surface area contributed by atoms with Gasteiger partial charge in [-0.05, 0) is 89.9 Å². The van der Waals surface area contributed by atoms with Crippen LogP contribution in [0.25, 0.3) is 0 Å². The first-order chi connectivity index (χ1) is 31.0. The number of esters is 1. The fraction of sp³-hybridized carbons (Fsp3) is 0.719. The van der Waals surface area contributed by atoms with Gasteiger partial charge < -0.3 is 20.3 Å². The molecule has 0 fully saturated rings. The summed E-state index contributed by atoms with van der Waals surface area (Å²) >= 11 is 0. The van der Waals surface area contributed by atoms with Crippen molar-refractivity contribution in [3.63, 3.8) is 0 Å². The summed E-state index contributed by atoms with van der Waals surface area (Å²) in [6.45, 7) is 6.34. The van der Waals surface area contributed by atoms with E-state index in [9.17, 15) is 19.8 Å². The monoisotopic (exact) mass is 878 g/mol. The van der Waals surface area contributed by atoms with Crippen LogP contribution >= 0.6 is 0 Å². The lowest BCUT2D eigenvalue weighted by atomic mass is 10.0. The van der Waals surface area contributed by atoms with E-state index >= 15 is 0 Å². The Labute approximate surface area is 389 Å². The van der Waals surface area contributed by atoms with Crippen LogP contribution in [0.15, 0.2) is 85.1 Å². The standard InChI is InChI=1S/C57H99NO5/c1-4-7-10-13-16-19-22-24-26-27-28-29-30-32-35-38-41-44-47-50-57(62)63-53(48-45-42-39-36-34-31-25-23-20-17-14-11-8-5-2)51-56(61)58-54(52-59)55(60)49-46-43-40-37-33-21-18-15-12-9-6-3/h7,10,16,19,24,26,28-29,31-32,34-35,41,44,53-55,59-60H,4-6,8-9,11-15,17-18,20-23,25,27,30,33,36-40,42-43,45-52H2,1-3H3,(H,58,61)/b10-7-,19-16-,26-24-,29-28-,34-31+,35-32-,44-41-. The van der Waals surface area contributed by atoms with Gasteiger partial charge in [0.25, 0.3) is 0 Å². The third-order valence-corrected chi connectivity index (χ3v) is 11.5. The fourth-order valence-electron chi connectivity index (χ4n) is 7.51. The smallest absolute Gasteiger partial charge is 0.306 e. The molecule has 0 heterocycles. The number of hydrogen-bond acceptors (Lipinski definition) is 5. The molecule has 63 heavy (non-hydrogen) atoms. The van der Waals surface area contributed by atoms with Gasteiger partial charge in [-0.1, -0.05) is 221 Å². The molecule has 0 aliphatic rings. The van der Waals surface area contributed by atoms with Gasteiger partial charge in [-0.15, -0.1) is 0 Å². The lowest BCUT2D eigenvalue weighted by molar-refractivity contribution is -0.150. The molecule has 362 valence electrons. The van der Waals surface area contributed by atoms with Crippen LogP contribution in [0.1, 0.15) is 239 Å². The summed E-state index contributed by atoms with van der Waals surface area (Å²) in [5.41, 5.74) is 0. The van der Waals surface area contributed by atoms with E-state index in [2.05, 4.69) is 105 Å². The van der Waals surface area contributed by atoms with Crippen molar-refractivity contribution in [2.45, 2.75) is 257 Å². The molecule has 6 heteroatoms. The van der Waals surface area contributed by atoms with Crippen molar-refractivity contribution in [1.82, 2.24) is 5.32 Å². The van der Waals surface area contributed by atoms with E-state index in [0.717, 1.165) is 89.9 Å². The molecule has 0 aliphatic carbocycles. The van der Waals surface area contributed by atoms with E-state index in [1.807, 2.05) is 6.08 Å². The molecule has 0 aromatic carbocycles. The van der Waals surface area contributed by atoms with Gasteiger partial charge in [0.05, 0.1) is 25.2 Å². The maximum atomic E-state index is 13.2. The number of nitrogens with one attached hydrogen (secondary N) is 1. The average molecular weight is 878 g/mol. The van der Waals surface area contributed by atoms with Gasteiger partial charge in [-0.25, -0.2) is 0 Å². The van der Waals surface area contributed by atoms with Gasteiger partial charge >= 0.3 is 5.97 Å². The Kier molecular flexibility index (Phi) is 47.7. The molecule has 0 aliphatic heterocycles. The first kappa shape index (κ1) is 60.0. The number of amides is 1. The summed E-state index contributed by atoms with van der Waals surface area (Å²) in [6.07, 6.45) is 65.1. The number of aliphatic hydroxyl groups is 2. The van der Waals surface area contributed by atoms with Crippen LogP contribution in [0.3, 0.4) is 0 Å². The molecule has 0 radical (unpaired) electrons. The van der Waals surface area contributed by atoms with Crippen molar-refractivity contribution in [3.05, 3.63) is 85.1 Å². The number of ether oxygens (including phenoxy) is 1. The highest BCUT2D eigenvalue weighted by atomic mass is 16.5. The molecular formula is C57H99NO5. The van der Waals surface area contributed by atoms with Crippen molar-refractivity contribution < 1.29 is 24.5 Å². The zero-order chi connectivity index (χ0) is 45.9. The minimum Gasteiger partial charge on any atom is -0.462 e. The molecule has 0 aromatic rings. The van der Waals surface area contributed by atoms with Gasteiger partial charge in [0, 0.05) is 6.42 Å². The number of unbranched alkanes of at least 4 members (excludes halogenated alkanes) is 20. The van der Waals surface area contributed by atoms with E-state index in [1.54, 1.807) is 0 Å². The molecule has 3 unspecified atom stereocenters. The molecule has 0 saturated heterocycles. The third kappa shape index (κ3) is 45.4. The van der Waals surface area contributed by atoms with Crippen LogP contribution in [0.2, 0.25) is 0 Å². The van der Waals surface area contributed by atoms with Crippen molar-refractivity contribution in [2.75, 3.05) is 6.61 Å². The number of aliphatic hydroxyl groups excluding tert-OH is 2. The van der Waals surface area contributed by atoms with Crippen molar-refractivity contribution in [1.29, 1.82) is 0 Å². The SMILES string of the molecule is CC/C=C\C/C=C\C/C=C\C/C=C\C/C=C\C/C=C\CCC(=O)OC(CCCCC/C=C/CCCCCCCCC)CC(=O)NC(CO)C(O)CCCCCCCCCCCCC. The van der Waals surface area contributed by atoms with E-state index < -0.39 is 18.2 Å². The van der Waals surface area contributed by atoms with Crippen LogP contribution < -0.4 is 5.32 Å². The Morgan fingerprint density at radius 2 is 0.857 bits per heavy atom. The topological polar surface area (TPSA) is 95.9 Å². The molecule has 3 N–H and O–H groups in total. The first-order valence-corrected chi connectivity index (χ1v) is 26.3. The van der Waals surface area contributed by atoms with Crippen LogP contribution in [0.5, 0.6) is 0 Å². The molecule has 6 nitrogen and oxygen atoms in total. The van der Waals surface area contributed by atoms with E-state index in [1.165, 1.54) is 96.3 Å². The predicted octanol–water partition coefficient (Wildman–Crippen LogP) is 16.0. The summed E-state index contributed by atoms with van der Waals surface area (Å²) < 4.78 is 5.89. The number of rotatable bonds is 46. The minimum atomic E-state index is -0.807. The summed E-state index contributed by atoms with van der Waals surface area (Å²) in [6, 6.07) is -0.724. The van der Waals surface area contributed by atoms with Gasteiger partial charge in [0.1, 0.15) is 6.10 Å². The Hall–Kier alpha value is -2.96.